The average Bonchev–Trinajstić information content (AvgIpc) is 3.26. The van der Waals surface area contributed by atoms with E-state index in [0.717, 1.165) is 47.5 Å². The molecule has 0 radical (unpaired) electrons. The fourth-order valence-corrected chi connectivity index (χ4v) is 5.00. The lowest BCUT2D eigenvalue weighted by atomic mass is 10.1. The fourth-order valence-electron chi connectivity index (χ4n) is 4.10. The molecule has 1 fully saturated rings. The Morgan fingerprint density at radius 2 is 1.65 bits per heavy atom. The van der Waals surface area contributed by atoms with E-state index in [9.17, 15) is 4.79 Å². The molecule has 0 saturated carbocycles. The Labute approximate surface area is 188 Å². The van der Waals surface area contributed by atoms with Gasteiger partial charge in [-0.05, 0) is 51.4 Å². The van der Waals surface area contributed by atoms with Crippen molar-refractivity contribution in [1.82, 2.24) is 19.7 Å². The number of thioether (sulfide) groups is 1. The lowest BCUT2D eigenvalue weighted by Crippen LogP contribution is -2.33. The number of benzene rings is 2. The SMILES string of the molecule is CC(c1nnc(SCCCC(=O)c2ccccc2)n1-c1ccccc1)N1CCCCC1. The number of carbonyl (C=O) groups excluding carboxylic acids is 1. The lowest BCUT2D eigenvalue weighted by Gasteiger charge is -2.31. The normalized spacial score (nSPS) is 15.6. The Hall–Kier alpha value is -2.44. The molecule has 2 heterocycles. The van der Waals surface area contributed by atoms with Gasteiger partial charge < -0.3 is 0 Å². The second-order valence-corrected chi connectivity index (χ2v) is 9.09. The van der Waals surface area contributed by atoms with Crippen LogP contribution in [0.1, 0.15) is 61.3 Å². The van der Waals surface area contributed by atoms with Crippen molar-refractivity contribution in [2.75, 3.05) is 18.8 Å². The molecule has 1 aliphatic rings. The molecule has 0 spiro atoms. The maximum Gasteiger partial charge on any atom is 0.195 e. The van der Waals surface area contributed by atoms with Crippen LogP contribution in [-0.4, -0.2) is 44.3 Å². The summed E-state index contributed by atoms with van der Waals surface area (Å²) in [4.78, 5) is 14.9. The molecule has 1 saturated heterocycles. The topological polar surface area (TPSA) is 51.0 Å². The van der Waals surface area contributed by atoms with Crippen molar-refractivity contribution in [3.63, 3.8) is 0 Å². The van der Waals surface area contributed by atoms with Gasteiger partial charge in [-0.15, -0.1) is 10.2 Å². The summed E-state index contributed by atoms with van der Waals surface area (Å²) < 4.78 is 2.20. The highest BCUT2D eigenvalue weighted by molar-refractivity contribution is 7.99. The maximum atomic E-state index is 12.4. The molecule has 0 aliphatic carbocycles. The number of ketones is 1. The molecule has 162 valence electrons. The highest BCUT2D eigenvalue weighted by atomic mass is 32.2. The number of likely N-dealkylation sites (tertiary alicyclic amines) is 1. The van der Waals surface area contributed by atoms with Crippen LogP contribution in [0.15, 0.2) is 65.8 Å². The van der Waals surface area contributed by atoms with Crippen LogP contribution in [0, 0.1) is 0 Å². The monoisotopic (exact) mass is 434 g/mol. The molecule has 1 aromatic heterocycles. The first kappa shape index (κ1) is 21.8. The van der Waals surface area contributed by atoms with Crippen LogP contribution in [0.5, 0.6) is 0 Å². The van der Waals surface area contributed by atoms with Gasteiger partial charge in [0, 0.05) is 23.4 Å². The third-order valence-corrected chi connectivity index (χ3v) is 6.88. The van der Waals surface area contributed by atoms with E-state index >= 15 is 0 Å². The maximum absolute atomic E-state index is 12.4. The number of rotatable bonds is 9. The van der Waals surface area contributed by atoms with Crippen molar-refractivity contribution < 1.29 is 4.79 Å². The molecular formula is C25H30N4OS. The van der Waals surface area contributed by atoms with Gasteiger partial charge in [0.1, 0.15) is 0 Å². The quantitative estimate of drug-likeness (QED) is 0.250. The molecule has 5 nitrogen and oxygen atoms in total. The van der Waals surface area contributed by atoms with Crippen LogP contribution in [-0.2, 0) is 0 Å². The zero-order valence-electron chi connectivity index (χ0n) is 18.1. The molecule has 31 heavy (non-hydrogen) atoms. The lowest BCUT2D eigenvalue weighted by molar-refractivity contribution is 0.0982. The van der Waals surface area contributed by atoms with Gasteiger partial charge in [-0.2, -0.15) is 0 Å². The third kappa shape index (κ3) is 5.43. The van der Waals surface area contributed by atoms with Gasteiger partial charge in [0.15, 0.2) is 16.8 Å². The number of hydrogen-bond donors (Lipinski definition) is 0. The minimum atomic E-state index is 0.199. The molecular weight excluding hydrogens is 404 g/mol. The highest BCUT2D eigenvalue weighted by Crippen LogP contribution is 2.29. The summed E-state index contributed by atoms with van der Waals surface area (Å²) in [6, 6.07) is 20.1. The molecule has 1 aliphatic heterocycles. The predicted octanol–water partition coefficient (Wildman–Crippen LogP) is 5.57. The van der Waals surface area contributed by atoms with E-state index in [1.165, 1.54) is 19.3 Å². The van der Waals surface area contributed by atoms with Gasteiger partial charge >= 0.3 is 0 Å². The number of aromatic nitrogens is 3. The number of nitrogens with zero attached hydrogens (tertiary/aromatic N) is 4. The molecule has 1 unspecified atom stereocenters. The van der Waals surface area contributed by atoms with E-state index in [0.29, 0.717) is 6.42 Å². The van der Waals surface area contributed by atoms with E-state index in [1.54, 1.807) is 11.8 Å². The van der Waals surface area contributed by atoms with E-state index in [4.69, 9.17) is 0 Å². The van der Waals surface area contributed by atoms with Crippen molar-refractivity contribution >= 4 is 17.5 Å². The first-order chi connectivity index (χ1) is 15.2. The van der Waals surface area contributed by atoms with Crippen LogP contribution in [0.2, 0.25) is 0 Å². The number of piperidine rings is 1. The first-order valence-electron chi connectivity index (χ1n) is 11.2. The van der Waals surface area contributed by atoms with Crippen LogP contribution < -0.4 is 0 Å². The molecule has 0 N–H and O–H groups in total. The van der Waals surface area contributed by atoms with E-state index < -0.39 is 0 Å². The average molecular weight is 435 g/mol. The summed E-state index contributed by atoms with van der Waals surface area (Å²) in [6.07, 6.45) is 5.18. The van der Waals surface area contributed by atoms with Gasteiger partial charge in [0.2, 0.25) is 0 Å². The fraction of sp³-hybridized carbons (Fsp3) is 0.400. The Kier molecular flexibility index (Phi) is 7.54. The third-order valence-electron chi connectivity index (χ3n) is 5.86. The van der Waals surface area contributed by atoms with Crippen LogP contribution in [0.4, 0.5) is 0 Å². The van der Waals surface area contributed by atoms with Crippen molar-refractivity contribution in [1.29, 1.82) is 0 Å². The second-order valence-electron chi connectivity index (χ2n) is 8.03. The van der Waals surface area contributed by atoms with Crippen molar-refractivity contribution in [2.45, 2.75) is 50.2 Å². The van der Waals surface area contributed by atoms with E-state index in [1.807, 2.05) is 36.4 Å². The second kappa shape index (κ2) is 10.7. The molecule has 0 amide bonds. The summed E-state index contributed by atoms with van der Waals surface area (Å²) in [5.41, 5.74) is 1.88. The molecule has 6 heteroatoms. The summed E-state index contributed by atoms with van der Waals surface area (Å²) in [5, 5.41) is 10.1. The van der Waals surface area contributed by atoms with Crippen LogP contribution in [0.3, 0.4) is 0 Å². The smallest absolute Gasteiger partial charge is 0.195 e. The standard InChI is InChI=1S/C25H30N4OS/c1-20(28-17-9-4-10-18-28)24-26-27-25(29(24)22-14-7-3-8-15-22)31-19-11-16-23(30)21-12-5-2-6-13-21/h2-3,5-8,12-15,20H,4,9-11,16-19H2,1H3. The number of hydrogen-bond acceptors (Lipinski definition) is 5. The molecule has 2 aromatic carbocycles. The predicted molar refractivity (Wildman–Crippen MR) is 126 cm³/mol. The Balaban J connectivity index is 1.46. The zero-order chi connectivity index (χ0) is 21.5. The number of carbonyl (C=O) groups is 1. The first-order valence-corrected chi connectivity index (χ1v) is 12.2. The van der Waals surface area contributed by atoms with Crippen molar-refractivity contribution in [2.24, 2.45) is 0 Å². The summed E-state index contributed by atoms with van der Waals surface area (Å²) in [6.45, 7) is 4.47. The van der Waals surface area contributed by atoms with Crippen molar-refractivity contribution in [3.05, 3.63) is 72.1 Å². The largest absolute Gasteiger partial charge is 0.294 e. The van der Waals surface area contributed by atoms with Gasteiger partial charge in [0.05, 0.1) is 6.04 Å². The van der Waals surface area contributed by atoms with Gasteiger partial charge in [-0.25, -0.2) is 0 Å². The van der Waals surface area contributed by atoms with Crippen molar-refractivity contribution in [3.8, 4) is 5.69 Å². The number of para-hydroxylation sites is 1. The van der Waals surface area contributed by atoms with Crippen LogP contribution in [0.25, 0.3) is 5.69 Å². The zero-order valence-corrected chi connectivity index (χ0v) is 18.9. The van der Waals surface area contributed by atoms with E-state index in [2.05, 4.69) is 50.9 Å². The minimum absolute atomic E-state index is 0.199. The van der Waals surface area contributed by atoms with Gasteiger partial charge in [-0.1, -0.05) is 66.7 Å². The Morgan fingerprint density at radius 1 is 0.968 bits per heavy atom. The van der Waals surface area contributed by atoms with Gasteiger partial charge in [0.25, 0.3) is 0 Å². The van der Waals surface area contributed by atoms with E-state index in [-0.39, 0.29) is 11.8 Å². The molecule has 1 atom stereocenters. The summed E-state index contributed by atoms with van der Waals surface area (Å²) in [7, 11) is 0. The summed E-state index contributed by atoms with van der Waals surface area (Å²) >= 11 is 1.68. The molecule has 4 rings (SSSR count). The van der Waals surface area contributed by atoms with Gasteiger partial charge in [-0.3, -0.25) is 14.3 Å². The molecule has 3 aromatic rings. The molecule has 0 bridgehead atoms. The Morgan fingerprint density at radius 3 is 2.35 bits per heavy atom. The highest BCUT2D eigenvalue weighted by Gasteiger charge is 2.25. The summed E-state index contributed by atoms with van der Waals surface area (Å²) in [5.74, 6) is 2.03. The minimum Gasteiger partial charge on any atom is -0.294 e. The number of Topliss-reactive ketones (excluding diaryl/α,β-unsaturated/α-hetero) is 1. The van der Waals surface area contributed by atoms with Crippen LogP contribution >= 0.6 is 11.8 Å². The Bertz CT molecular complexity index is 968.